The Labute approximate surface area is 396 Å². The molecule has 6 aromatic rings. The Balaban J connectivity index is 1.37. The molecular formula is C58H60F8N2. The van der Waals surface area contributed by atoms with Crippen LogP contribution in [0.15, 0.2) is 72.8 Å². The summed E-state index contributed by atoms with van der Waals surface area (Å²) < 4.78 is 137. The van der Waals surface area contributed by atoms with Gasteiger partial charge in [0.05, 0.1) is 33.9 Å². The summed E-state index contributed by atoms with van der Waals surface area (Å²) in [5, 5.41) is 0. The highest BCUT2D eigenvalue weighted by Gasteiger charge is 2.48. The number of anilines is 6. The van der Waals surface area contributed by atoms with E-state index < -0.39 is 79.9 Å². The van der Waals surface area contributed by atoms with Crippen LogP contribution >= 0.6 is 0 Å². The Morgan fingerprint density at radius 1 is 0.324 bits per heavy atom. The minimum Gasteiger partial charge on any atom is -0.304 e. The van der Waals surface area contributed by atoms with Crippen molar-refractivity contribution in [2.45, 2.75) is 143 Å². The number of rotatable bonds is 15. The Kier molecular flexibility index (Phi) is 13.7. The molecule has 2 aliphatic heterocycles. The number of hydrogen-bond donors (Lipinski definition) is 0. The topological polar surface area (TPSA) is 6.48 Å². The standard InChI is InChI=1S/C58H60F8N2/c1-9-13-29-57(30-14-10-2)37-25-17-21-33(5)51(37)67(52-34(6)22-18-26-38(52)57)55-47(63)43(59)41(44(60)48(55)64)42-45(61)49(65)56(50(66)46(42)62)68-53-35(7)23-19-27-39(53)58(31-15-11-3,32-16-12-4)40-28-20-24-36(8)54(40)68/h17-28H,9-16,29-32H2,1-8H3. The zero-order valence-electron chi connectivity index (χ0n) is 40.3. The first-order valence-corrected chi connectivity index (χ1v) is 24.3. The largest absolute Gasteiger partial charge is 0.304 e. The first-order chi connectivity index (χ1) is 32.6. The normalized spacial score (nSPS) is 14.5. The van der Waals surface area contributed by atoms with Gasteiger partial charge in [-0.1, -0.05) is 152 Å². The minimum absolute atomic E-state index is 0.325. The fraction of sp³-hybridized carbons (Fsp3) is 0.379. The number of fused-ring (bicyclic) bond motifs is 4. The summed E-state index contributed by atoms with van der Waals surface area (Å²) >= 11 is 0. The van der Waals surface area contributed by atoms with E-state index in [9.17, 15) is 0 Å². The Morgan fingerprint density at radius 2 is 0.544 bits per heavy atom. The van der Waals surface area contributed by atoms with Crippen molar-refractivity contribution in [1.82, 2.24) is 0 Å². The molecule has 6 aromatic carbocycles. The van der Waals surface area contributed by atoms with E-state index in [0.717, 1.165) is 73.6 Å². The molecule has 358 valence electrons. The molecule has 0 unspecified atom stereocenters. The van der Waals surface area contributed by atoms with Gasteiger partial charge in [-0.2, -0.15) is 0 Å². The molecule has 0 amide bonds. The molecule has 2 heterocycles. The third kappa shape index (κ3) is 7.33. The van der Waals surface area contributed by atoms with Crippen LogP contribution < -0.4 is 9.80 Å². The monoisotopic (exact) mass is 936 g/mol. The molecule has 0 fully saturated rings. The van der Waals surface area contributed by atoms with E-state index in [1.165, 1.54) is 9.80 Å². The van der Waals surface area contributed by atoms with Crippen LogP contribution in [-0.4, -0.2) is 0 Å². The number of nitrogens with zero attached hydrogens (tertiary/aromatic N) is 2. The summed E-state index contributed by atoms with van der Waals surface area (Å²) in [6, 6.07) is 21.8. The van der Waals surface area contributed by atoms with Gasteiger partial charge < -0.3 is 9.80 Å². The van der Waals surface area contributed by atoms with Crippen LogP contribution in [0.25, 0.3) is 11.1 Å². The second-order valence-electron chi connectivity index (χ2n) is 19.1. The quantitative estimate of drug-likeness (QED) is 0.0748. The van der Waals surface area contributed by atoms with Gasteiger partial charge in [0.25, 0.3) is 0 Å². The SMILES string of the molecule is CCCCC1(CCCC)c2cccc(C)c2N(c2c(F)c(F)c(-c3c(F)c(F)c(N4c5c(C)cccc5C(CCCC)(CCCC)c5cccc(C)c54)c(F)c3F)c(F)c2F)c2c(C)cccc21. The lowest BCUT2D eigenvalue weighted by atomic mass is 9.64. The molecule has 0 radical (unpaired) electrons. The molecule has 0 spiro atoms. The second kappa shape index (κ2) is 19.0. The number of aryl methyl sites for hydroxylation is 4. The van der Waals surface area contributed by atoms with Gasteiger partial charge in [0.15, 0.2) is 46.5 Å². The molecule has 0 aromatic heterocycles. The molecule has 0 aliphatic carbocycles. The van der Waals surface area contributed by atoms with Gasteiger partial charge in [-0.25, -0.2) is 35.1 Å². The number of halogens is 8. The van der Waals surface area contributed by atoms with Crippen LogP contribution in [0.5, 0.6) is 0 Å². The lowest BCUT2D eigenvalue weighted by Crippen LogP contribution is -2.37. The maximum absolute atomic E-state index is 17.3. The van der Waals surface area contributed by atoms with Crippen molar-refractivity contribution in [1.29, 1.82) is 0 Å². The molecule has 0 saturated carbocycles. The van der Waals surface area contributed by atoms with Crippen LogP contribution in [0, 0.1) is 74.2 Å². The van der Waals surface area contributed by atoms with Gasteiger partial charge in [0.1, 0.15) is 11.4 Å². The van der Waals surface area contributed by atoms with Crippen molar-refractivity contribution in [3.63, 3.8) is 0 Å². The lowest BCUT2D eigenvalue weighted by Gasteiger charge is -2.47. The van der Waals surface area contributed by atoms with Crippen molar-refractivity contribution in [2.24, 2.45) is 0 Å². The van der Waals surface area contributed by atoms with E-state index in [4.69, 9.17) is 0 Å². The Bertz CT molecular complexity index is 2540. The highest BCUT2D eigenvalue weighted by Crippen LogP contribution is 2.61. The van der Waals surface area contributed by atoms with E-state index >= 15 is 35.1 Å². The van der Waals surface area contributed by atoms with Gasteiger partial charge in [-0.15, -0.1) is 0 Å². The Morgan fingerprint density at radius 3 is 0.750 bits per heavy atom. The fourth-order valence-electron chi connectivity index (χ4n) is 11.6. The average molecular weight is 937 g/mol. The van der Waals surface area contributed by atoms with Gasteiger partial charge in [0.2, 0.25) is 0 Å². The summed E-state index contributed by atoms with van der Waals surface area (Å²) in [5.41, 5.74) is -0.943. The molecule has 0 N–H and O–H groups in total. The van der Waals surface area contributed by atoms with Crippen LogP contribution in [0.2, 0.25) is 0 Å². The number of hydrogen-bond acceptors (Lipinski definition) is 2. The van der Waals surface area contributed by atoms with E-state index in [2.05, 4.69) is 27.7 Å². The van der Waals surface area contributed by atoms with Gasteiger partial charge in [-0.3, -0.25) is 0 Å². The third-order valence-electron chi connectivity index (χ3n) is 14.9. The van der Waals surface area contributed by atoms with Crippen LogP contribution in [-0.2, 0) is 10.8 Å². The smallest absolute Gasteiger partial charge is 0.186 e. The van der Waals surface area contributed by atoms with Crippen molar-refractivity contribution < 1.29 is 35.1 Å². The predicted octanol–water partition coefficient (Wildman–Crippen LogP) is 18.6. The molecule has 2 aliphatic rings. The summed E-state index contributed by atoms with van der Waals surface area (Å²) in [4.78, 5) is 2.33. The molecule has 8 rings (SSSR count). The zero-order chi connectivity index (χ0) is 49.0. The van der Waals surface area contributed by atoms with Gasteiger partial charge in [-0.05, 0) is 97.9 Å². The third-order valence-corrected chi connectivity index (χ3v) is 14.9. The highest BCUT2D eigenvalue weighted by molar-refractivity contribution is 5.92. The average Bonchev–Trinajstić information content (AvgIpc) is 3.32. The number of benzene rings is 6. The number of para-hydroxylation sites is 4. The maximum Gasteiger partial charge on any atom is 0.186 e. The van der Waals surface area contributed by atoms with Crippen molar-refractivity contribution in [2.75, 3.05) is 9.80 Å². The van der Waals surface area contributed by atoms with E-state index in [-0.39, 0.29) is 0 Å². The van der Waals surface area contributed by atoms with E-state index in [0.29, 0.717) is 70.7 Å². The Hall–Kier alpha value is -5.64. The highest BCUT2D eigenvalue weighted by atomic mass is 19.2. The van der Waals surface area contributed by atoms with Crippen molar-refractivity contribution in [3.8, 4) is 11.1 Å². The van der Waals surface area contributed by atoms with Crippen LogP contribution in [0.3, 0.4) is 0 Å². The lowest BCUT2D eigenvalue weighted by molar-refractivity contribution is 0.401. The van der Waals surface area contributed by atoms with Gasteiger partial charge >= 0.3 is 0 Å². The molecule has 2 nitrogen and oxygen atoms in total. The maximum atomic E-state index is 17.3. The molecule has 0 bridgehead atoms. The number of unbranched alkanes of at least 4 members (excludes halogenated alkanes) is 4. The first-order valence-electron chi connectivity index (χ1n) is 24.3. The van der Waals surface area contributed by atoms with Crippen molar-refractivity contribution >= 4 is 34.1 Å². The first kappa shape index (κ1) is 48.8. The summed E-state index contributed by atoms with van der Waals surface area (Å²) in [7, 11) is 0. The van der Waals surface area contributed by atoms with Gasteiger partial charge in [0, 0.05) is 10.8 Å². The molecule has 68 heavy (non-hydrogen) atoms. The predicted molar refractivity (Wildman–Crippen MR) is 260 cm³/mol. The van der Waals surface area contributed by atoms with E-state index in [1.807, 2.05) is 48.5 Å². The minimum atomic E-state index is -2.21. The molecule has 0 saturated heterocycles. The summed E-state index contributed by atoms with van der Waals surface area (Å²) in [6.45, 7) is 15.3. The summed E-state index contributed by atoms with van der Waals surface area (Å²) in [6.07, 6.45) is 9.52. The second-order valence-corrected chi connectivity index (χ2v) is 19.1. The molecule has 0 atom stereocenters. The van der Waals surface area contributed by atoms with E-state index in [1.54, 1.807) is 52.0 Å². The molecule has 10 heteroatoms. The summed E-state index contributed by atoms with van der Waals surface area (Å²) in [5.74, 6) is -16.8. The fourth-order valence-corrected chi connectivity index (χ4v) is 11.6. The van der Waals surface area contributed by atoms with Crippen LogP contribution in [0.4, 0.5) is 69.2 Å². The zero-order valence-corrected chi connectivity index (χ0v) is 40.3. The van der Waals surface area contributed by atoms with Crippen LogP contribution in [0.1, 0.15) is 149 Å². The molecular weight excluding hydrogens is 877 g/mol. The van der Waals surface area contributed by atoms with Crippen molar-refractivity contribution in [3.05, 3.63) is 164 Å².